The molecular weight excluding hydrogens is 344 g/mol. The normalized spacial score (nSPS) is 10.8. The molecule has 0 spiro atoms. The minimum Gasteiger partial charge on any atom is -0.340 e. The fourth-order valence-corrected chi connectivity index (χ4v) is 3.68. The van der Waals surface area contributed by atoms with Crippen molar-refractivity contribution in [2.45, 2.75) is 6.42 Å². The van der Waals surface area contributed by atoms with E-state index in [1.165, 1.54) is 16.2 Å². The average Bonchev–Trinajstić information content (AvgIpc) is 3.08. The van der Waals surface area contributed by atoms with Crippen molar-refractivity contribution in [2.75, 3.05) is 32.1 Å². The molecule has 5 nitrogen and oxygen atoms in total. The number of hydrogen-bond donors (Lipinski definition) is 1. The molecule has 1 heterocycles. The van der Waals surface area contributed by atoms with Gasteiger partial charge in [0.05, 0.1) is 42.5 Å². The molecule has 2 aromatic carbocycles. The molecule has 0 fully saturated rings. The lowest BCUT2D eigenvalue weighted by Gasteiger charge is -2.20. The number of carbonyl (C=O) groups is 1. The second-order valence-corrected chi connectivity index (χ2v) is 7.43. The third-order valence-corrected chi connectivity index (χ3v) is 5.14. The highest BCUT2D eigenvalue weighted by Crippen LogP contribution is 2.29. The van der Waals surface area contributed by atoms with Gasteiger partial charge in [0.25, 0.3) is 5.91 Å². The Balaban J connectivity index is 1.90. The first-order valence-corrected chi connectivity index (χ1v) is 9.37. The molecule has 132 valence electrons. The van der Waals surface area contributed by atoms with Gasteiger partial charge in [0.1, 0.15) is 0 Å². The third-order valence-electron chi connectivity index (χ3n) is 4.08. The fraction of sp³-hybridized carbons (Fsp3) is 0.250. The van der Waals surface area contributed by atoms with Gasteiger partial charge < -0.3 is 4.90 Å². The van der Waals surface area contributed by atoms with Gasteiger partial charge in [-0.05, 0) is 36.4 Å². The number of nitriles is 1. The Morgan fingerprint density at radius 3 is 2.58 bits per heavy atom. The summed E-state index contributed by atoms with van der Waals surface area (Å²) in [7, 11) is 4.20. The maximum Gasteiger partial charge on any atom is 0.260 e. The van der Waals surface area contributed by atoms with Crippen LogP contribution in [0.1, 0.15) is 22.3 Å². The number of para-hydroxylation sites is 1. The van der Waals surface area contributed by atoms with Crippen LogP contribution in [0, 0.1) is 11.3 Å². The Bertz CT molecular complexity index is 907. The lowest BCUT2D eigenvalue weighted by atomic mass is 10.1. The van der Waals surface area contributed by atoms with Gasteiger partial charge in [-0.25, -0.2) is 4.98 Å². The number of fused-ring (bicyclic) bond motifs is 1. The monoisotopic (exact) mass is 365 g/mol. The van der Waals surface area contributed by atoms with Crippen LogP contribution in [-0.2, 0) is 0 Å². The van der Waals surface area contributed by atoms with Gasteiger partial charge in [0, 0.05) is 18.5 Å². The van der Waals surface area contributed by atoms with Gasteiger partial charge in [-0.3, -0.25) is 9.69 Å². The molecular formula is C20H21N4OS+. The van der Waals surface area contributed by atoms with E-state index in [0.717, 1.165) is 23.2 Å². The Hall–Kier alpha value is -2.75. The topological polar surface area (TPSA) is 61.4 Å². The molecule has 0 bridgehead atoms. The number of thiazole rings is 1. The number of hydrogen-bond acceptors (Lipinski definition) is 4. The molecule has 1 amide bonds. The number of anilines is 1. The summed E-state index contributed by atoms with van der Waals surface area (Å²) >= 11 is 1.53. The van der Waals surface area contributed by atoms with E-state index in [-0.39, 0.29) is 5.91 Å². The van der Waals surface area contributed by atoms with Crippen molar-refractivity contribution in [2.24, 2.45) is 0 Å². The first-order chi connectivity index (χ1) is 12.6. The number of nitrogens with one attached hydrogen (secondary N) is 1. The fourth-order valence-electron chi connectivity index (χ4n) is 2.69. The zero-order chi connectivity index (χ0) is 18.5. The number of amides is 1. The maximum atomic E-state index is 13.1. The van der Waals surface area contributed by atoms with Crippen LogP contribution in [0.2, 0.25) is 0 Å². The van der Waals surface area contributed by atoms with Crippen LogP contribution < -0.4 is 9.80 Å². The van der Waals surface area contributed by atoms with Crippen LogP contribution in [0.15, 0.2) is 48.5 Å². The minimum atomic E-state index is -0.0812. The second kappa shape index (κ2) is 8.09. The third kappa shape index (κ3) is 4.07. The Kier molecular flexibility index (Phi) is 5.61. The van der Waals surface area contributed by atoms with E-state index < -0.39 is 0 Å². The summed E-state index contributed by atoms with van der Waals surface area (Å²) in [6.45, 7) is 1.59. The lowest BCUT2D eigenvalue weighted by molar-refractivity contribution is -0.858. The first kappa shape index (κ1) is 18.1. The van der Waals surface area contributed by atoms with Crippen molar-refractivity contribution in [3.63, 3.8) is 0 Å². The summed E-state index contributed by atoms with van der Waals surface area (Å²) in [5, 5.41) is 9.66. The van der Waals surface area contributed by atoms with Crippen LogP contribution in [0.25, 0.3) is 10.2 Å². The van der Waals surface area contributed by atoms with Gasteiger partial charge in [-0.1, -0.05) is 23.5 Å². The van der Waals surface area contributed by atoms with Crippen molar-refractivity contribution in [1.82, 2.24) is 4.98 Å². The van der Waals surface area contributed by atoms with Crippen molar-refractivity contribution in [3.8, 4) is 6.07 Å². The largest absolute Gasteiger partial charge is 0.340 e. The van der Waals surface area contributed by atoms with Gasteiger partial charge >= 0.3 is 0 Å². The zero-order valence-electron chi connectivity index (χ0n) is 14.9. The number of benzene rings is 2. The molecule has 6 heteroatoms. The minimum absolute atomic E-state index is 0.0812. The van der Waals surface area contributed by atoms with Gasteiger partial charge in [0.2, 0.25) is 0 Å². The average molecular weight is 365 g/mol. The zero-order valence-corrected chi connectivity index (χ0v) is 15.7. The van der Waals surface area contributed by atoms with E-state index in [1.54, 1.807) is 29.2 Å². The van der Waals surface area contributed by atoms with Crippen LogP contribution in [0.5, 0.6) is 0 Å². The predicted octanol–water partition coefficient (Wildman–Crippen LogP) is 2.35. The molecule has 0 aliphatic rings. The molecule has 0 aliphatic carbocycles. The molecule has 0 aliphatic heterocycles. The van der Waals surface area contributed by atoms with Crippen molar-refractivity contribution in [3.05, 3.63) is 59.7 Å². The van der Waals surface area contributed by atoms with Crippen LogP contribution in [-0.4, -0.2) is 38.1 Å². The summed E-state index contributed by atoms with van der Waals surface area (Å²) < 4.78 is 1.07. The van der Waals surface area contributed by atoms with Crippen molar-refractivity contribution >= 4 is 32.6 Å². The maximum absolute atomic E-state index is 13.1. The molecule has 26 heavy (non-hydrogen) atoms. The quantitative estimate of drug-likeness (QED) is 0.729. The Morgan fingerprint density at radius 1 is 1.19 bits per heavy atom. The van der Waals surface area contributed by atoms with E-state index in [1.807, 2.05) is 24.3 Å². The summed E-state index contributed by atoms with van der Waals surface area (Å²) in [5.41, 5.74) is 2.02. The molecule has 0 atom stereocenters. The SMILES string of the molecule is C[NH+](C)CCCN(C(=O)c1ccc(C#N)cc1)c1nc2ccccc2s1. The summed E-state index contributed by atoms with van der Waals surface area (Å²) in [4.78, 5) is 20.9. The number of rotatable bonds is 6. The Labute approximate surface area is 157 Å². The molecule has 0 saturated heterocycles. The van der Waals surface area contributed by atoms with E-state index in [9.17, 15) is 4.79 Å². The van der Waals surface area contributed by atoms with Crippen LogP contribution in [0.4, 0.5) is 5.13 Å². The second-order valence-electron chi connectivity index (χ2n) is 6.42. The van der Waals surface area contributed by atoms with Crippen molar-refractivity contribution in [1.29, 1.82) is 5.26 Å². The Morgan fingerprint density at radius 2 is 1.92 bits per heavy atom. The number of quaternary nitrogens is 1. The number of aromatic nitrogens is 1. The molecule has 1 N–H and O–H groups in total. The highest BCUT2D eigenvalue weighted by Gasteiger charge is 2.21. The molecule has 0 radical (unpaired) electrons. The van der Waals surface area contributed by atoms with E-state index in [0.29, 0.717) is 22.8 Å². The molecule has 3 rings (SSSR count). The lowest BCUT2D eigenvalue weighted by Crippen LogP contribution is -3.05. The summed E-state index contributed by atoms with van der Waals surface area (Å²) in [5.74, 6) is -0.0812. The van der Waals surface area contributed by atoms with E-state index in [2.05, 4.69) is 25.1 Å². The summed E-state index contributed by atoms with van der Waals surface area (Å²) in [6.07, 6.45) is 0.889. The summed E-state index contributed by atoms with van der Waals surface area (Å²) in [6, 6.07) is 16.8. The van der Waals surface area contributed by atoms with Gasteiger partial charge in [-0.2, -0.15) is 5.26 Å². The number of nitrogens with zero attached hydrogens (tertiary/aromatic N) is 3. The van der Waals surface area contributed by atoms with E-state index in [4.69, 9.17) is 5.26 Å². The molecule has 3 aromatic rings. The van der Waals surface area contributed by atoms with Gasteiger partial charge in [0.15, 0.2) is 5.13 Å². The standard InChI is InChI=1S/C20H20N4OS/c1-23(2)12-5-13-24(19(25)16-10-8-15(14-21)9-11-16)20-22-17-6-3-4-7-18(17)26-20/h3-4,6-11H,5,12-13H2,1-2H3/p+1. The molecule has 1 aromatic heterocycles. The first-order valence-electron chi connectivity index (χ1n) is 8.55. The van der Waals surface area contributed by atoms with Crippen LogP contribution in [0.3, 0.4) is 0 Å². The van der Waals surface area contributed by atoms with E-state index >= 15 is 0 Å². The molecule has 0 unspecified atom stereocenters. The highest BCUT2D eigenvalue weighted by atomic mass is 32.1. The van der Waals surface area contributed by atoms with Gasteiger partial charge in [-0.15, -0.1) is 0 Å². The molecule has 0 saturated carbocycles. The smallest absolute Gasteiger partial charge is 0.260 e. The van der Waals surface area contributed by atoms with Crippen LogP contribution >= 0.6 is 11.3 Å². The highest BCUT2D eigenvalue weighted by molar-refractivity contribution is 7.22. The predicted molar refractivity (Wildman–Crippen MR) is 105 cm³/mol. The number of carbonyl (C=O) groups excluding carboxylic acids is 1. The van der Waals surface area contributed by atoms with Crippen molar-refractivity contribution < 1.29 is 9.69 Å².